The number of halogens is 1. The minimum Gasteiger partial charge on any atom is -0.459 e. The van der Waals surface area contributed by atoms with E-state index in [4.69, 9.17) is 4.74 Å². The van der Waals surface area contributed by atoms with E-state index in [1.807, 2.05) is 33.8 Å². The first-order chi connectivity index (χ1) is 12.7. The molecule has 27 heavy (non-hydrogen) atoms. The van der Waals surface area contributed by atoms with Gasteiger partial charge in [0.25, 0.3) is 0 Å². The second kappa shape index (κ2) is 7.85. The molecule has 1 aliphatic rings. The summed E-state index contributed by atoms with van der Waals surface area (Å²) in [7, 11) is -3.60. The molecule has 6 nitrogen and oxygen atoms in total. The third-order valence-corrected chi connectivity index (χ3v) is 7.65. The number of rotatable bonds is 4. The Hall–Kier alpha value is -1.51. The van der Waals surface area contributed by atoms with Crippen LogP contribution < -0.4 is 4.74 Å². The summed E-state index contributed by atoms with van der Waals surface area (Å²) in [5.74, 6) is 0. The molecule has 1 unspecified atom stereocenters. The van der Waals surface area contributed by atoms with Crippen LogP contribution >= 0.6 is 15.9 Å². The van der Waals surface area contributed by atoms with Gasteiger partial charge in [0.1, 0.15) is 6.10 Å². The number of benzene rings is 1. The molecule has 2 aromatic rings. The Morgan fingerprint density at radius 1 is 1.11 bits per heavy atom. The zero-order valence-electron chi connectivity index (χ0n) is 16.0. The van der Waals surface area contributed by atoms with E-state index in [0.717, 1.165) is 39.6 Å². The summed E-state index contributed by atoms with van der Waals surface area (Å²) in [6, 6.07) is 2.30. The van der Waals surface area contributed by atoms with Crippen molar-refractivity contribution in [3.05, 3.63) is 45.2 Å². The van der Waals surface area contributed by atoms with E-state index >= 15 is 0 Å². The fraction of sp³-hybridized carbons (Fsp3) is 0.474. The lowest BCUT2D eigenvalue weighted by Gasteiger charge is -2.32. The molecular formula is C19H24BrN3O3S. The second-order valence-corrected chi connectivity index (χ2v) is 9.81. The molecule has 1 atom stereocenters. The van der Waals surface area contributed by atoms with E-state index in [9.17, 15) is 8.42 Å². The van der Waals surface area contributed by atoms with Crippen LogP contribution in [-0.4, -0.2) is 41.9 Å². The molecule has 146 valence electrons. The predicted octanol–water partition coefficient (Wildman–Crippen LogP) is 3.70. The van der Waals surface area contributed by atoms with Gasteiger partial charge in [-0.15, -0.1) is 0 Å². The van der Waals surface area contributed by atoms with Crippen LogP contribution in [0, 0.1) is 27.7 Å². The molecule has 1 aromatic heterocycles. The summed E-state index contributed by atoms with van der Waals surface area (Å²) in [6.07, 6.45) is 4.48. The first-order valence-corrected chi connectivity index (χ1v) is 11.1. The van der Waals surface area contributed by atoms with Gasteiger partial charge in [0.15, 0.2) is 0 Å². The average molecular weight is 454 g/mol. The molecule has 1 aromatic carbocycles. The molecule has 8 heteroatoms. The fourth-order valence-corrected chi connectivity index (χ4v) is 5.72. The van der Waals surface area contributed by atoms with Gasteiger partial charge >= 0.3 is 6.01 Å². The van der Waals surface area contributed by atoms with Crippen molar-refractivity contribution in [2.24, 2.45) is 0 Å². The number of nitrogens with zero attached hydrogens (tertiary/aromatic N) is 3. The van der Waals surface area contributed by atoms with Gasteiger partial charge in [-0.1, -0.05) is 6.07 Å². The SMILES string of the molecule is Cc1cc(C)c(C)c(S(=O)(=O)N2CCCC(Oc3ncc(Br)cn3)C2)c1C. The minimum atomic E-state index is -3.60. The number of hydrogen-bond acceptors (Lipinski definition) is 5. The lowest BCUT2D eigenvalue weighted by molar-refractivity contribution is 0.119. The smallest absolute Gasteiger partial charge is 0.316 e. The summed E-state index contributed by atoms with van der Waals surface area (Å²) >= 11 is 3.29. The maximum Gasteiger partial charge on any atom is 0.316 e. The van der Waals surface area contributed by atoms with E-state index in [1.54, 1.807) is 12.4 Å². The van der Waals surface area contributed by atoms with Crippen LogP contribution in [0.3, 0.4) is 0 Å². The molecular weight excluding hydrogens is 430 g/mol. The second-order valence-electron chi connectivity index (χ2n) is 7.02. The van der Waals surface area contributed by atoms with E-state index in [1.165, 1.54) is 4.31 Å². The Morgan fingerprint density at radius 2 is 1.70 bits per heavy atom. The predicted molar refractivity (Wildman–Crippen MR) is 108 cm³/mol. The van der Waals surface area contributed by atoms with Crippen molar-refractivity contribution in [2.45, 2.75) is 51.5 Å². The highest BCUT2D eigenvalue weighted by atomic mass is 79.9. The number of aromatic nitrogens is 2. The molecule has 0 bridgehead atoms. The number of sulfonamides is 1. The molecule has 0 aliphatic carbocycles. The highest BCUT2D eigenvalue weighted by Crippen LogP contribution is 2.30. The molecule has 0 saturated carbocycles. The normalized spacial score (nSPS) is 18.5. The average Bonchev–Trinajstić information content (AvgIpc) is 2.62. The van der Waals surface area contributed by atoms with Crippen molar-refractivity contribution in [3.63, 3.8) is 0 Å². The highest BCUT2D eigenvalue weighted by molar-refractivity contribution is 9.10. The van der Waals surface area contributed by atoms with Crippen molar-refractivity contribution in [3.8, 4) is 6.01 Å². The summed E-state index contributed by atoms with van der Waals surface area (Å²) in [4.78, 5) is 8.67. The van der Waals surface area contributed by atoms with Crippen molar-refractivity contribution < 1.29 is 13.2 Å². The maximum absolute atomic E-state index is 13.4. The monoisotopic (exact) mass is 453 g/mol. The Bertz CT molecular complexity index is 919. The summed E-state index contributed by atoms with van der Waals surface area (Å²) in [5, 5.41) is 0. The molecule has 1 saturated heterocycles. The zero-order chi connectivity index (χ0) is 19.8. The zero-order valence-corrected chi connectivity index (χ0v) is 18.4. The molecule has 0 N–H and O–H groups in total. The van der Waals surface area contributed by atoms with Gasteiger partial charge in [0.2, 0.25) is 10.0 Å². The van der Waals surface area contributed by atoms with Gasteiger partial charge in [-0.3, -0.25) is 0 Å². The van der Waals surface area contributed by atoms with Crippen LogP contribution in [0.25, 0.3) is 0 Å². The molecule has 3 rings (SSSR count). The molecule has 0 amide bonds. The van der Waals surface area contributed by atoms with Crippen molar-refractivity contribution in [1.82, 2.24) is 14.3 Å². The number of piperidine rings is 1. The Morgan fingerprint density at radius 3 is 2.30 bits per heavy atom. The van der Waals surface area contributed by atoms with E-state index in [0.29, 0.717) is 18.0 Å². The third-order valence-electron chi connectivity index (χ3n) is 5.10. The molecule has 1 fully saturated rings. The Kier molecular flexibility index (Phi) is 5.88. The minimum absolute atomic E-state index is 0.263. The van der Waals surface area contributed by atoms with Gasteiger partial charge in [-0.2, -0.15) is 4.31 Å². The van der Waals surface area contributed by atoms with Crippen LogP contribution in [0.2, 0.25) is 0 Å². The first kappa shape index (κ1) is 20.2. The quantitative estimate of drug-likeness (QED) is 0.705. The third kappa shape index (κ3) is 4.17. The van der Waals surface area contributed by atoms with E-state index in [-0.39, 0.29) is 12.1 Å². The lowest BCUT2D eigenvalue weighted by Crippen LogP contribution is -2.44. The van der Waals surface area contributed by atoms with E-state index < -0.39 is 10.0 Å². The summed E-state index contributed by atoms with van der Waals surface area (Å²) in [5.41, 5.74) is 3.62. The van der Waals surface area contributed by atoms with Gasteiger partial charge in [-0.25, -0.2) is 18.4 Å². The number of ether oxygens (including phenoxy) is 1. The van der Waals surface area contributed by atoms with Crippen LogP contribution in [0.5, 0.6) is 6.01 Å². The number of hydrogen-bond donors (Lipinski definition) is 0. The summed E-state index contributed by atoms with van der Waals surface area (Å²) < 4.78 is 35.0. The first-order valence-electron chi connectivity index (χ1n) is 8.92. The van der Waals surface area contributed by atoms with Crippen molar-refractivity contribution in [2.75, 3.05) is 13.1 Å². The van der Waals surface area contributed by atoms with E-state index in [2.05, 4.69) is 25.9 Å². The topological polar surface area (TPSA) is 72.4 Å². The maximum atomic E-state index is 13.4. The van der Waals surface area contributed by atoms with Gasteiger partial charge in [0, 0.05) is 18.9 Å². The molecule has 2 heterocycles. The molecule has 0 radical (unpaired) electrons. The van der Waals surface area contributed by atoms with Gasteiger partial charge in [0.05, 0.1) is 15.9 Å². The summed E-state index contributed by atoms with van der Waals surface area (Å²) in [6.45, 7) is 8.45. The van der Waals surface area contributed by atoms with Crippen LogP contribution in [0.1, 0.15) is 35.1 Å². The Balaban J connectivity index is 1.86. The van der Waals surface area contributed by atoms with Crippen molar-refractivity contribution >= 4 is 26.0 Å². The standard InChI is InChI=1S/C19H24BrN3O3S/c1-12-8-13(2)15(4)18(14(12)3)27(24,25)23-7-5-6-17(11-23)26-19-21-9-16(20)10-22-19/h8-10,17H,5-7,11H2,1-4H3. The number of aryl methyl sites for hydroxylation is 2. The Labute approximate surface area is 169 Å². The fourth-order valence-electron chi connectivity index (χ4n) is 3.43. The highest BCUT2D eigenvalue weighted by Gasteiger charge is 2.34. The lowest BCUT2D eigenvalue weighted by atomic mass is 10.0. The van der Waals surface area contributed by atoms with Crippen LogP contribution in [0.4, 0.5) is 0 Å². The van der Waals surface area contributed by atoms with Gasteiger partial charge in [-0.05, 0) is 78.7 Å². The molecule has 1 aliphatic heterocycles. The van der Waals surface area contributed by atoms with Crippen molar-refractivity contribution in [1.29, 1.82) is 0 Å². The largest absolute Gasteiger partial charge is 0.459 e. The molecule has 0 spiro atoms. The van der Waals surface area contributed by atoms with Gasteiger partial charge < -0.3 is 4.74 Å². The van der Waals surface area contributed by atoms with Crippen LogP contribution in [0.15, 0.2) is 27.8 Å². The van der Waals surface area contributed by atoms with Crippen LogP contribution in [-0.2, 0) is 10.0 Å².